The molecule has 0 atom stereocenters. The number of ether oxygens (including phenoxy) is 1. The number of nitrogens with zero attached hydrogens (tertiary/aromatic N) is 2. The summed E-state index contributed by atoms with van der Waals surface area (Å²) in [7, 11) is 0. The highest BCUT2D eigenvalue weighted by Gasteiger charge is 2.19. The molecule has 1 aromatic rings. The van der Waals surface area contributed by atoms with E-state index in [4.69, 9.17) is 10.5 Å². The standard InChI is InChI=1S/C17H26N4O/c18-17(20-11-13-5-3-6-13)21-12-14-7-4-10-19-16(14)22-15-8-1-2-9-15/h4,7,10,13,15H,1-3,5-6,8-9,11-12H2,(H3,18,20,21). The fourth-order valence-corrected chi connectivity index (χ4v) is 2.99. The first-order valence-corrected chi connectivity index (χ1v) is 8.45. The van der Waals surface area contributed by atoms with E-state index in [1.165, 1.54) is 32.1 Å². The van der Waals surface area contributed by atoms with Gasteiger partial charge in [-0.3, -0.25) is 0 Å². The Labute approximate surface area is 132 Å². The second-order valence-corrected chi connectivity index (χ2v) is 6.37. The Morgan fingerprint density at radius 2 is 2.09 bits per heavy atom. The number of rotatable bonds is 6. The van der Waals surface area contributed by atoms with Crippen LogP contribution >= 0.6 is 0 Å². The fourth-order valence-electron chi connectivity index (χ4n) is 2.99. The molecule has 120 valence electrons. The molecule has 0 amide bonds. The molecule has 2 fully saturated rings. The average Bonchev–Trinajstić information content (AvgIpc) is 2.98. The molecular formula is C17H26N4O. The summed E-state index contributed by atoms with van der Waals surface area (Å²) >= 11 is 0. The number of nitrogens with one attached hydrogen (secondary N) is 1. The largest absolute Gasteiger partial charge is 0.474 e. The monoisotopic (exact) mass is 302 g/mol. The predicted octanol–water partition coefficient (Wildman–Crippen LogP) is 2.61. The van der Waals surface area contributed by atoms with Gasteiger partial charge in [-0.25, -0.2) is 9.98 Å². The van der Waals surface area contributed by atoms with E-state index in [2.05, 4.69) is 15.3 Å². The Balaban J connectivity index is 1.54. The molecule has 0 aliphatic heterocycles. The number of guanidine groups is 1. The number of pyridine rings is 1. The molecule has 3 N–H and O–H groups in total. The van der Waals surface area contributed by atoms with Crippen LogP contribution in [0.3, 0.4) is 0 Å². The number of hydrogen-bond acceptors (Lipinski definition) is 3. The van der Waals surface area contributed by atoms with Gasteiger partial charge >= 0.3 is 0 Å². The summed E-state index contributed by atoms with van der Waals surface area (Å²) in [5.41, 5.74) is 6.94. The molecule has 1 aromatic heterocycles. The molecule has 2 saturated carbocycles. The van der Waals surface area contributed by atoms with Gasteiger partial charge in [-0.05, 0) is 50.5 Å². The van der Waals surface area contributed by atoms with Crippen molar-refractivity contribution in [2.24, 2.45) is 16.6 Å². The number of aliphatic imine (C=N–C) groups is 1. The molecule has 3 rings (SSSR count). The van der Waals surface area contributed by atoms with E-state index in [9.17, 15) is 0 Å². The van der Waals surface area contributed by atoms with Crippen LogP contribution in [-0.4, -0.2) is 23.6 Å². The molecule has 22 heavy (non-hydrogen) atoms. The lowest BCUT2D eigenvalue weighted by Crippen LogP contribution is -2.37. The second-order valence-electron chi connectivity index (χ2n) is 6.37. The minimum atomic E-state index is 0.312. The van der Waals surface area contributed by atoms with Gasteiger partial charge in [0.15, 0.2) is 5.96 Å². The van der Waals surface area contributed by atoms with Crippen LogP contribution in [0.2, 0.25) is 0 Å². The van der Waals surface area contributed by atoms with Crippen molar-refractivity contribution in [3.05, 3.63) is 23.9 Å². The maximum absolute atomic E-state index is 6.02. The van der Waals surface area contributed by atoms with Gasteiger partial charge in [-0.15, -0.1) is 0 Å². The van der Waals surface area contributed by atoms with Crippen LogP contribution in [-0.2, 0) is 6.54 Å². The van der Waals surface area contributed by atoms with E-state index in [1.54, 1.807) is 6.20 Å². The SMILES string of the molecule is NC(=NCc1cccnc1OC1CCCC1)NCC1CCC1. The molecule has 5 nitrogen and oxygen atoms in total. The van der Waals surface area contributed by atoms with Gasteiger partial charge in [0.2, 0.25) is 5.88 Å². The normalized spacial score (nSPS) is 19.9. The van der Waals surface area contributed by atoms with Crippen LogP contribution in [0.1, 0.15) is 50.5 Å². The zero-order valence-corrected chi connectivity index (χ0v) is 13.1. The van der Waals surface area contributed by atoms with E-state index < -0.39 is 0 Å². The Hall–Kier alpha value is -1.78. The van der Waals surface area contributed by atoms with Crippen molar-refractivity contribution in [1.29, 1.82) is 0 Å². The number of nitrogens with two attached hydrogens (primary N) is 1. The highest BCUT2D eigenvalue weighted by molar-refractivity contribution is 5.77. The third kappa shape index (κ3) is 4.12. The third-order valence-corrected chi connectivity index (χ3v) is 4.65. The molecule has 2 aliphatic carbocycles. The predicted molar refractivity (Wildman–Crippen MR) is 87.8 cm³/mol. The van der Waals surface area contributed by atoms with Crippen LogP contribution in [0.15, 0.2) is 23.3 Å². The lowest BCUT2D eigenvalue weighted by Gasteiger charge is -2.25. The van der Waals surface area contributed by atoms with Crippen molar-refractivity contribution >= 4 is 5.96 Å². The molecule has 0 saturated heterocycles. The molecule has 0 bridgehead atoms. The highest BCUT2D eigenvalue weighted by Crippen LogP contribution is 2.26. The quantitative estimate of drug-likeness (QED) is 0.626. The first-order valence-electron chi connectivity index (χ1n) is 8.45. The highest BCUT2D eigenvalue weighted by atomic mass is 16.5. The van der Waals surface area contributed by atoms with E-state index in [0.29, 0.717) is 24.5 Å². The zero-order chi connectivity index (χ0) is 15.2. The van der Waals surface area contributed by atoms with Crippen LogP contribution in [0.25, 0.3) is 0 Å². The second kappa shape index (κ2) is 7.47. The maximum Gasteiger partial charge on any atom is 0.218 e. The molecule has 0 aromatic carbocycles. The molecule has 0 unspecified atom stereocenters. The van der Waals surface area contributed by atoms with Gasteiger partial charge in [0, 0.05) is 18.3 Å². The Bertz CT molecular complexity index is 507. The lowest BCUT2D eigenvalue weighted by molar-refractivity contribution is 0.199. The average molecular weight is 302 g/mol. The fraction of sp³-hybridized carbons (Fsp3) is 0.647. The van der Waals surface area contributed by atoms with Crippen molar-refractivity contribution < 1.29 is 4.74 Å². The molecular weight excluding hydrogens is 276 g/mol. The van der Waals surface area contributed by atoms with Gasteiger partial charge in [-0.1, -0.05) is 12.5 Å². The van der Waals surface area contributed by atoms with E-state index in [1.807, 2.05) is 12.1 Å². The van der Waals surface area contributed by atoms with E-state index >= 15 is 0 Å². The number of hydrogen-bond donors (Lipinski definition) is 2. The van der Waals surface area contributed by atoms with E-state index in [0.717, 1.165) is 30.9 Å². The van der Waals surface area contributed by atoms with Crippen molar-refractivity contribution in [1.82, 2.24) is 10.3 Å². The summed E-state index contributed by atoms with van der Waals surface area (Å²) in [6.45, 7) is 1.45. The summed E-state index contributed by atoms with van der Waals surface area (Å²) in [6, 6.07) is 3.93. The maximum atomic E-state index is 6.02. The van der Waals surface area contributed by atoms with Crippen LogP contribution in [0, 0.1) is 5.92 Å². The summed E-state index contributed by atoms with van der Waals surface area (Å²) in [6.07, 6.45) is 10.8. The van der Waals surface area contributed by atoms with Crippen molar-refractivity contribution in [3.63, 3.8) is 0 Å². The third-order valence-electron chi connectivity index (χ3n) is 4.65. The minimum Gasteiger partial charge on any atom is -0.474 e. The molecule has 1 heterocycles. The van der Waals surface area contributed by atoms with Crippen LogP contribution in [0.4, 0.5) is 0 Å². The van der Waals surface area contributed by atoms with E-state index in [-0.39, 0.29) is 0 Å². The first-order chi connectivity index (χ1) is 10.8. The van der Waals surface area contributed by atoms with Crippen molar-refractivity contribution in [3.8, 4) is 5.88 Å². The molecule has 0 spiro atoms. The van der Waals surface area contributed by atoms with Crippen LogP contribution in [0.5, 0.6) is 5.88 Å². The van der Waals surface area contributed by atoms with Crippen molar-refractivity contribution in [2.45, 2.75) is 57.6 Å². The van der Waals surface area contributed by atoms with Gasteiger partial charge in [0.1, 0.15) is 6.10 Å². The summed E-state index contributed by atoms with van der Waals surface area (Å²) in [4.78, 5) is 8.79. The smallest absolute Gasteiger partial charge is 0.218 e. The Morgan fingerprint density at radius 1 is 1.27 bits per heavy atom. The minimum absolute atomic E-state index is 0.312. The van der Waals surface area contributed by atoms with Gasteiger partial charge < -0.3 is 15.8 Å². The van der Waals surface area contributed by atoms with Crippen molar-refractivity contribution in [2.75, 3.05) is 6.54 Å². The summed E-state index contributed by atoms with van der Waals surface area (Å²) in [5, 5.41) is 3.21. The number of aromatic nitrogens is 1. The van der Waals surface area contributed by atoms with Crippen LogP contribution < -0.4 is 15.8 Å². The molecule has 0 radical (unpaired) electrons. The first kappa shape index (κ1) is 15.1. The van der Waals surface area contributed by atoms with Gasteiger partial charge in [0.25, 0.3) is 0 Å². The van der Waals surface area contributed by atoms with Gasteiger partial charge in [0.05, 0.1) is 6.54 Å². The van der Waals surface area contributed by atoms with Gasteiger partial charge in [-0.2, -0.15) is 0 Å². The Kier molecular flexibility index (Phi) is 5.14. The molecule has 5 heteroatoms. The Morgan fingerprint density at radius 3 is 2.82 bits per heavy atom. The lowest BCUT2D eigenvalue weighted by atomic mass is 9.85. The topological polar surface area (TPSA) is 72.5 Å². The zero-order valence-electron chi connectivity index (χ0n) is 13.1. The summed E-state index contributed by atoms with van der Waals surface area (Å²) in [5.74, 6) is 2.00. The molecule has 2 aliphatic rings. The summed E-state index contributed by atoms with van der Waals surface area (Å²) < 4.78 is 6.02.